The molecule has 1 aliphatic rings. The van der Waals surface area contributed by atoms with Crippen molar-refractivity contribution >= 4 is 15.9 Å². The van der Waals surface area contributed by atoms with E-state index in [1.165, 1.54) is 16.4 Å². The van der Waals surface area contributed by atoms with Gasteiger partial charge in [0.15, 0.2) is 0 Å². The fourth-order valence-corrected chi connectivity index (χ4v) is 4.41. The average molecular weight is 378 g/mol. The van der Waals surface area contributed by atoms with Gasteiger partial charge in [-0.3, -0.25) is 9.48 Å². The maximum absolute atomic E-state index is 12.7. The Morgan fingerprint density at radius 1 is 1.42 bits per heavy atom. The zero-order valence-corrected chi connectivity index (χ0v) is 15.5. The molecule has 1 atom stereocenters. The normalized spacial score (nSPS) is 18.2. The van der Waals surface area contributed by atoms with Crippen LogP contribution in [0, 0.1) is 6.92 Å². The van der Waals surface area contributed by atoms with Gasteiger partial charge in [0.1, 0.15) is 0 Å². The molecule has 1 aliphatic heterocycles. The van der Waals surface area contributed by atoms with E-state index in [9.17, 15) is 18.3 Å². The first-order chi connectivity index (χ1) is 12.3. The maximum Gasteiger partial charge on any atom is 0.251 e. The molecule has 0 unspecified atom stereocenters. The first-order valence-corrected chi connectivity index (χ1v) is 9.77. The first kappa shape index (κ1) is 18.6. The van der Waals surface area contributed by atoms with Gasteiger partial charge in [-0.2, -0.15) is 9.40 Å². The Balaban J connectivity index is 1.74. The van der Waals surface area contributed by atoms with Crippen molar-refractivity contribution in [3.05, 3.63) is 47.3 Å². The number of aryl methyl sites for hydroxylation is 1. The molecule has 3 rings (SSSR count). The molecule has 0 spiro atoms. The number of amides is 1. The van der Waals surface area contributed by atoms with Crippen molar-refractivity contribution in [1.29, 1.82) is 0 Å². The number of aliphatic hydroxyl groups excluding tert-OH is 1. The molecule has 1 saturated heterocycles. The Bertz CT molecular complexity index is 923. The highest BCUT2D eigenvalue weighted by molar-refractivity contribution is 7.89. The summed E-state index contributed by atoms with van der Waals surface area (Å²) >= 11 is 0. The fourth-order valence-electron chi connectivity index (χ4n) is 2.87. The first-order valence-electron chi connectivity index (χ1n) is 8.33. The van der Waals surface area contributed by atoms with Gasteiger partial charge in [0, 0.05) is 43.5 Å². The summed E-state index contributed by atoms with van der Waals surface area (Å²) in [6, 6.07) is 5.94. The van der Waals surface area contributed by atoms with Crippen molar-refractivity contribution in [2.75, 3.05) is 13.1 Å². The lowest BCUT2D eigenvalue weighted by Crippen LogP contribution is -2.30. The lowest BCUT2D eigenvalue weighted by molar-refractivity contribution is 0.0950. The van der Waals surface area contributed by atoms with E-state index >= 15 is 0 Å². The summed E-state index contributed by atoms with van der Waals surface area (Å²) in [7, 11) is -1.89. The molecule has 2 N–H and O–H groups in total. The van der Waals surface area contributed by atoms with Crippen molar-refractivity contribution in [1.82, 2.24) is 19.4 Å². The Morgan fingerprint density at radius 2 is 2.19 bits per heavy atom. The van der Waals surface area contributed by atoms with Gasteiger partial charge in [-0.1, -0.05) is 6.07 Å². The number of rotatable bonds is 5. The lowest BCUT2D eigenvalue weighted by atomic mass is 10.2. The number of carbonyl (C=O) groups is 1. The summed E-state index contributed by atoms with van der Waals surface area (Å²) in [6.07, 6.45) is 1.47. The van der Waals surface area contributed by atoms with Gasteiger partial charge < -0.3 is 10.4 Å². The zero-order valence-electron chi connectivity index (χ0n) is 14.7. The molecule has 2 aromatic rings. The van der Waals surface area contributed by atoms with Crippen LogP contribution in [-0.4, -0.2) is 52.7 Å². The number of hydrogen-bond acceptors (Lipinski definition) is 5. The monoisotopic (exact) mass is 378 g/mol. The van der Waals surface area contributed by atoms with Crippen LogP contribution in [0.4, 0.5) is 0 Å². The third-order valence-corrected chi connectivity index (χ3v) is 6.50. The number of aliphatic hydroxyl groups is 1. The summed E-state index contributed by atoms with van der Waals surface area (Å²) < 4.78 is 28.3. The molecule has 1 amide bonds. The molecule has 2 heterocycles. The van der Waals surface area contributed by atoms with Crippen LogP contribution in [0.3, 0.4) is 0 Å². The van der Waals surface area contributed by atoms with E-state index in [1.54, 1.807) is 23.0 Å². The lowest BCUT2D eigenvalue weighted by Gasteiger charge is -2.16. The number of nitrogens with zero attached hydrogens (tertiary/aromatic N) is 3. The highest BCUT2D eigenvalue weighted by Crippen LogP contribution is 2.22. The van der Waals surface area contributed by atoms with Crippen LogP contribution < -0.4 is 5.32 Å². The van der Waals surface area contributed by atoms with E-state index in [2.05, 4.69) is 10.4 Å². The van der Waals surface area contributed by atoms with Gasteiger partial charge in [0.05, 0.1) is 17.2 Å². The van der Waals surface area contributed by atoms with Crippen LogP contribution in [0.25, 0.3) is 0 Å². The second-order valence-corrected chi connectivity index (χ2v) is 8.33. The van der Waals surface area contributed by atoms with Crippen molar-refractivity contribution in [3.8, 4) is 0 Å². The van der Waals surface area contributed by atoms with Crippen LogP contribution in [0.2, 0.25) is 0 Å². The minimum absolute atomic E-state index is 0.0526. The Morgan fingerprint density at radius 3 is 2.81 bits per heavy atom. The molecule has 9 heteroatoms. The van der Waals surface area contributed by atoms with E-state index < -0.39 is 16.1 Å². The number of aromatic nitrogens is 2. The van der Waals surface area contributed by atoms with E-state index in [1.807, 2.05) is 14.0 Å². The number of hydrogen-bond donors (Lipinski definition) is 2. The highest BCUT2D eigenvalue weighted by Gasteiger charge is 2.31. The quantitative estimate of drug-likeness (QED) is 0.784. The van der Waals surface area contributed by atoms with Crippen LogP contribution >= 0.6 is 0 Å². The fraction of sp³-hybridized carbons (Fsp3) is 0.412. The summed E-state index contributed by atoms with van der Waals surface area (Å²) in [5.74, 6) is -0.355. The van der Waals surface area contributed by atoms with Crippen molar-refractivity contribution in [2.45, 2.75) is 30.9 Å². The Labute approximate surface area is 152 Å². The Hall–Kier alpha value is -2.23. The van der Waals surface area contributed by atoms with Crippen molar-refractivity contribution < 1.29 is 18.3 Å². The number of carbonyl (C=O) groups excluding carboxylic acids is 1. The van der Waals surface area contributed by atoms with Crippen molar-refractivity contribution in [2.24, 2.45) is 7.05 Å². The maximum atomic E-state index is 12.7. The standard InChI is InChI=1S/C17H22N4O4S/c1-12-14(10-19-20(12)2)9-18-17(23)13-4-3-5-16(8-13)26(24,25)21-7-6-15(22)11-21/h3-5,8,10,15,22H,6-7,9,11H2,1-2H3,(H,18,23)/t15-/m1/s1. The number of sulfonamides is 1. The van der Waals surface area contributed by atoms with Gasteiger partial charge >= 0.3 is 0 Å². The summed E-state index contributed by atoms with van der Waals surface area (Å²) in [5.41, 5.74) is 2.12. The predicted octanol–water partition coefficient (Wildman–Crippen LogP) is 0.414. The molecule has 1 aromatic carbocycles. The molecular formula is C17H22N4O4S. The van der Waals surface area contributed by atoms with Gasteiger partial charge in [0.2, 0.25) is 10.0 Å². The third kappa shape index (κ3) is 3.64. The minimum Gasteiger partial charge on any atom is -0.392 e. The second-order valence-electron chi connectivity index (χ2n) is 6.39. The summed E-state index contributed by atoms with van der Waals surface area (Å²) in [4.78, 5) is 12.5. The van der Waals surface area contributed by atoms with Gasteiger partial charge in [-0.25, -0.2) is 8.42 Å². The average Bonchev–Trinajstić information content (AvgIpc) is 3.20. The van der Waals surface area contributed by atoms with E-state index in [0.717, 1.165) is 11.3 Å². The van der Waals surface area contributed by atoms with Crippen LogP contribution in [0.5, 0.6) is 0 Å². The van der Waals surface area contributed by atoms with E-state index in [4.69, 9.17) is 0 Å². The van der Waals surface area contributed by atoms with Crippen LogP contribution in [0.1, 0.15) is 28.0 Å². The van der Waals surface area contributed by atoms with Crippen LogP contribution in [-0.2, 0) is 23.6 Å². The topological polar surface area (TPSA) is 105 Å². The number of β-amino-alcohol motifs (C(OH)–C–C–N with tert-alkyl or cyclic N) is 1. The Kier molecular flexibility index (Phi) is 5.12. The third-order valence-electron chi connectivity index (χ3n) is 4.64. The minimum atomic E-state index is -3.72. The zero-order chi connectivity index (χ0) is 18.9. The molecule has 1 fully saturated rings. The smallest absolute Gasteiger partial charge is 0.251 e. The number of benzene rings is 1. The molecule has 26 heavy (non-hydrogen) atoms. The molecular weight excluding hydrogens is 356 g/mol. The van der Waals surface area contributed by atoms with Gasteiger partial charge in [0.25, 0.3) is 5.91 Å². The van der Waals surface area contributed by atoms with Crippen molar-refractivity contribution in [3.63, 3.8) is 0 Å². The van der Waals surface area contributed by atoms with Gasteiger partial charge in [-0.05, 0) is 31.5 Å². The molecule has 0 bridgehead atoms. The largest absolute Gasteiger partial charge is 0.392 e. The predicted molar refractivity (Wildman–Crippen MR) is 94.9 cm³/mol. The molecule has 0 saturated carbocycles. The molecule has 140 valence electrons. The van der Waals surface area contributed by atoms with E-state index in [0.29, 0.717) is 13.0 Å². The SMILES string of the molecule is Cc1c(CNC(=O)c2cccc(S(=O)(=O)N3CC[C@@H](O)C3)c2)cnn1C. The van der Waals surface area contributed by atoms with Crippen LogP contribution in [0.15, 0.2) is 35.4 Å². The summed E-state index contributed by atoms with van der Waals surface area (Å²) in [5, 5.41) is 16.5. The van der Waals surface area contributed by atoms with E-state index in [-0.39, 0.29) is 29.5 Å². The molecule has 1 aromatic heterocycles. The second kappa shape index (κ2) is 7.18. The highest BCUT2D eigenvalue weighted by atomic mass is 32.2. The van der Waals surface area contributed by atoms with Gasteiger partial charge in [-0.15, -0.1) is 0 Å². The molecule has 0 aliphatic carbocycles. The molecule has 0 radical (unpaired) electrons. The number of nitrogens with one attached hydrogen (secondary N) is 1. The summed E-state index contributed by atoms with van der Waals surface area (Å²) in [6.45, 7) is 2.58. The molecule has 8 nitrogen and oxygen atoms in total.